The Bertz CT molecular complexity index is 240. The molecule has 1 unspecified atom stereocenters. The van der Waals surface area contributed by atoms with Gasteiger partial charge in [-0.3, -0.25) is 4.68 Å². The molecule has 0 spiro atoms. The van der Waals surface area contributed by atoms with Crippen LogP contribution in [0.25, 0.3) is 0 Å². The average Bonchev–Trinajstić information content (AvgIpc) is 2.31. The van der Waals surface area contributed by atoms with Gasteiger partial charge in [-0.25, -0.2) is 0 Å². The van der Waals surface area contributed by atoms with Crippen LogP contribution in [0.3, 0.4) is 0 Å². The number of hydrogen-bond acceptors (Lipinski definition) is 2. The van der Waals surface area contributed by atoms with Gasteiger partial charge in [0.2, 0.25) is 0 Å². The lowest BCUT2D eigenvalue weighted by Gasteiger charge is -2.08. The van der Waals surface area contributed by atoms with E-state index in [1.54, 1.807) is 7.11 Å². The van der Waals surface area contributed by atoms with Crippen LogP contribution in [0.2, 0.25) is 0 Å². The second-order valence-electron chi connectivity index (χ2n) is 2.83. The van der Waals surface area contributed by atoms with E-state index in [4.69, 9.17) is 4.74 Å². The van der Waals surface area contributed by atoms with Gasteiger partial charge < -0.3 is 4.74 Å². The second-order valence-corrected chi connectivity index (χ2v) is 3.69. The van der Waals surface area contributed by atoms with Gasteiger partial charge in [0.1, 0.15) is 0 Å². The van der Waals surface area contributed by atoms with E-state index in [9.17, 15) is 0 Å². The predicted molar refractivity (Wildman–Crippen MR) is 51.1 cm³/mol. The molecule has 4 heteroatoms. The normalized spacial score (nSPS) is 13.3. The fourth-order valence-electron chi connectivity index (χ4n) is 0.925. The monoisotopic (exact) mass is 232 g/mol. The molecule has 0 bridgehead atoms. The summed E-state index contributed by atoms with van der Waals surface area (Å²) in [6, 6.07) is 0. The van der Waals surface area contributed by atoms with Gasteiger partial charge >= 0.3 is 0 Å². The highest BCUT2D eigenvalue weighted by molar-refractivity contribution is 9.10. The Kier molecular flexibility index (Phi) is 3.29. The lowest BCUT2D eigenvalue weighted by Crippen LogP contribution is -2.14. The van der Waals surface area contributed by atoms with E-state index in [1.165, 1.54) is 0 Å². The third-order valence-corrected chi connectivity index (χ3v) is 2.51. The topological polar surface area (TPSA) is 27.1 Å². The van der Waals surface area contributed by atoms with Crippen molar-refractivity contribution in [2.24, 2.45) is 0 Å². The standard InChI is InChI=1S/C8H13BrN2O/c1-6(12-3)4-11-5-8(9)7(2)10-11/h5-6H,4H2,1-3H3. The van der Waals surface area contributed by atoms with Crippen LogP contribution in [0.4, 0.5) is 0 Å². The van der Waals surface area contributed by atoms with Crippen LogP contribution in [-0.4, -0.2) is 23.0 Å². The van der Waals surface area contributed by atoms with Crippen molar-refractivity contribution in [3.8, 4) is 0 Å². The molecular formula is C8H13BrN2O. The van der Waals surface area contributed by atoms with Crippen LogP contribution in [-0.2, 0) is 11.3 Å². The van der Waals surface area contributed by atoms with Gasteiger partial charge in [-0.2, -0.15) is 5.10 Å². The van der Waals surface area contributed by atoms with Crippen molar-refractivity contribution in [3.63, 3.8) is 0 Å². The highest BCUT2D eigenvalue weighted by Gasteiger charge is 2.04. The molecule has 1 rings (SSSR count). The zero-order chi connectivity index (χ0) is 9.14. The van der Waals surface area contributed by atoms with E-state index in [-0.39, 0.29) is 6.10 Å². The summed E-state index contributed by atoms with van der Waals surface area (Å²) in [7, 11) is 1.70. The summed E-state index contributed by atoms with van der Waals surface area (Å²) >= 11 is 3.40. The summed E-state index contributed by atoms with van der Waals surface area (Å²) in [4.78, 5) is 0. The Morgan fingerprint density at radius 2 is 2.42 bits per heavy atom. The maximum Gasteiger partial charge on any atom is 0.0739 e. The first-order valence-corrected chi connectivity index (χ1v) is 4.65. The third-order valence-electron chi connectivity index (χ3n) is 1.73. The molecule has 1 heterocycles. The smallest absolute Gasteiger partial charge is 0.0739 e. The molecule has 0 radical (unpaired) electrons. The first-order chi connectivity index (χ1) is 5.63. The number of halogens is 1. The summed E-state index contributed by atoms with van der Waals surface area (Å²) < 4.78 is 8.06. The van der Waals surface area contributed by atoms with Crippen molar-refractivity contribution >= 4 is 15.9 Å². The minimum atomic E-state index is 0.205. The van der Waals surface area contributed by atoms with E-state index in [0.29, 0.717) is 0 Å². The summed E-state index contributed by atoms with van der Waals surface area (Å²) in [5.41, 5.74) is 1.01. The maximum atomic E-state index is 5.13. The molecule has 0 saturated carbocycles. The minimum absolute atomic E-state index is 0.205. The Hall–Kier alpha value is -0.350. The number of methoxy groups -OCH3 is 1. The van der Waals surface area contributed by atoms with Crippen LogP contribution in [0, 0.1) is 6.92 Å². The largest absolute Gasteiger partial charge is 0.380 e. The SMILES string of the molecule is COC(C)Cn1cc(Br)c(C)n1. The van der Waals surface area contributed by atoms with Gasteiger partial charge in [-0.05, 0) is 29.8 Å². The lowest BCUT2D eigenvalue weighted by molar-refractivity contribution is 0.0997. The van der Waals surface area contributed by atoms with Crippen molar-refractivity contribution in [3.05, 3.63) is 16.4 Å². The molecule has 0 aliphatic heterocycles. The fraction of sp³-hybridized carbons (Fsp3) is 0.625. The maximum absolute atomic E-state index is 5.13. The lowest BCUT2D eigenvalue weighted by atomic mass is 10.4. The summed E-state index contributed by atoms with van der Waals surface area (Å²) in [6.45, 7) is 4.78. The van der Waals surface area contributed by atoms with Crippen LogP contribution >= 0.6 is 15.9 Å². The molecule has 1 aromatic rings. The van der Waals surface area contributed by atoms with E-state index in [0.717, 1.165) is 16.7 Å². The molecular weight excluding hydrogens is 220 g/mol. The highest BCUT2D eigenvalue weighted by Crippen LogP contribution is 2.13. The highest BCUT2D eigenvalue weighted by atomic mass is 79.9. The average molecular weight is 233 g/mol. The van der Waals surface area contributed by atoms with Crippen LogP contribution in [0.15, 0.2) is 10.7 Å². The quantitative estimate of drug-likeness (QED) is 0.798. The second kappa shape index (κ2) is 4.05. The van der Waals surface area contributed by atoms with Gasteiger partial charge in [0.25, 0.3) is 0 Å². The Morgan fingerprint density at radius 1 is 1.75 bits per heavy atom. The first-order valence-electron chi connectivity index (χ1n) is 3.86. The van der Waals surface area contributed by atoms with Crippen LogP contribution < -0.4 is 0 Å². The van der Waals surface area contributed by atoms with Gasteiger partial charge in [-0.15, -0.1) is 0 Å². The van der Waals surface area contributed by atoms with E-state index >= 15 is 0 Å². The minimum Gasteiger partial charge on any atom is -0.380 e. The number of aromatic nitrogens is 2. The van der Waals surface area contributed by atoms with Gasteiger partial charge in [0, 0.05) is 13.3 Å². The number of ether oxygens (including phenoxy) is 1. The molecule has 0 saturated heterocycles. The molecule has 1 aromatic heterocycles. The van der Waals surface area contributed by atoms with Crippen LogP contribution in [0.1, 0.15) is 12.6 Å². The Labute approximate surface area is 80.8 Å². The molecule has 0 aliphatic rings. The number of nitrogens with zero attached hydrogens (tertiary/aromatic N) is 2. The number of aryl methyl sites for hydroxylation is 1. The molecule has 0 amide bonds. The van der Waals surface area contributed by atoms with Crippen molar-refractivity contribution in [1.82, 2.24) is 9.78 Å². The fourth-order valence-corrected chi connectivity index (χ4v) is 1.24. The number of rotatable bonds is 3. The van der Waals surface area contributed by atoms with Gasteiger partial charge in [0.05, 0.1) is 22.8 Å². The third kappa shape index (κ3) is 2.32. The number of hydrogen-bond donors (Lipinski definition) is 0. The summed E-state index contributed by atoms with van der Waals surface area (Å²) in [5.74, 6) is 0. The predicted octanol–water partition coefficient (Wildman–Crippen LogP) is 1.99. The zero-order valence-electron chi connectivity index (χ0n) is 7.54. The van der Waals surface area contributed by atoms with E-state index < -0.39 is 0 Å². The molecule has 0 N–H and O–H groups in total. The van der Waals surface area contributed by atoms with Crippen molar-refractivity contribution in [2.75, 3.05) is 7.11 Å². The summed E-state index contributed by atoms with van der Waals surface area (Å²) in [5, 5.41) is 4.29. The molecule has 68 valence electrons. The zero-order valence-corrected chi connectivity index (χ0v) is 9.13. The van der Waals surface area contributed by atoms with E-state index in [1.807, 2.05) is 24.7 Å². The molecule has 1 atom stereocenters. The first kappa shape index (κ1) is 9.74. The van der Waals surface area contributed by atoms with Crippen LogP contribution in [0.5, 0.6) is 0 Å². The Balaban J connectivity index is 2.64. The van der Waals surface area contributed by atoms with Gasteiger partial charge in [0.15, 0.2) is 0 Å². The summed E-state index contributed by atoms with van der Waals surface area (Å²) in [6.07, 6.45) is 2.17. The molecule has 0 aromatic carbocycles. The molecule has 0 aliphatic carbocycles. The van der Waals surface area contributed by atoms with Crippen molar-refractivity contribution in [2.45, 2.75) is 26.5 Å². The molecule has 12 heavy (non-hydrogen) atoms. The van der Waals surface area contributed by atoms with Crippen molar-refractivity contribution < 1.29 is 4.74 Å². The van der Waals surface area contributed by atoms with Gasteiger partial charge in [-0.1, -0.05) is 0 Å². The molecule has 3 nitrogen and oxygen atoms in total. The van der Waals surface area contributed by atoms with E-state index in [2.05, 4.69) is 21.0 Å². The Morgan fingerprint density at radius 3 is 2.83 bits per heavy atom. The van der Waals surface area contributed by atoms with Crippen molar-refractivity contribution in [1.29, 1.82) is 0 Å². The molecule has 0 fully saturated rings.